The molecule has 4 rings (SSSR count). The SMILES string of the molecule is O=C(NC1CCC1)N[C@@H](CNC(=O)c1ccc(Cl)s1)C(=O)Nc1ccc(N2CCOCC2=O)cc1. The fourth-order valence-electron chi connectivity index (χ4n) is 3.61. The normalized spacial score (nSPS) is 16.7. The maximum absolute atomic E-state index is 13.0. The molecule has 0 radical (unpaired) electrons. The number of urea groups is 1. The Hall–Kier alpha value is -3.15. The smallest absolute Gasteiger partial charge is 0.315 e. The van der Waals surface area contributed by atoms with Crippen molar-refractivity contribution < 1.29 is 23.9 Å². The minimum Gasteiger partial charge on any atom is -0.370 e. The van der Waals surface area contributed by atoms with Gasteiger partial charge in [0.25, 0.3) is 11.8 Å². The molecule has 1 atom stereocenters. The van der Waals surface area contributed by atoms with Crippen molar-refractivity contribution in [3.05, 3.63) is 45.6 Å². The number of morpholine rings is 1. The topological polar surface area (TPSA) is 129 Å². The Morgan fingerprint density at radius 2 is 1.91 bits per heavy atom. The summed E-state index contributed by atoms with van der Waals surface area (Å²) in [7, 11) is 0. The number of benzene rings is 1. The second-order valence-corrected chi connectivity index (χ2v) is 9.96. The second kappa shape index (κ2) is 11.5. The zero-order chi connectivity index (χ0) is 24.8. The first-order chi connectivity index (χ1) is 16.9. The van der Waals surface area contributed by atoms with E-state index in [1.54, 1.807) is 41.3 Å². The van der Waals surface area contributed by atoms with Gasteiger partial charge in [-0.25, -0.2) is 4.79 Å². The minimum atomic E-state index is -1.02. The van der Waals surface area contributed by atoms with Crippen LogP contribution in [0.5, 0.6) is 0 Å². The summed E-state index contributed by atoms with van der Waals surface area (Å²) in [6, 6.07) is 8.62. The van der Waals surface area contributed by atoms with Crippen LogP contribution in [0.2, 0.25) is 4.34 Å². The molecule has 0 spiro atoms. The summed E-state index contributed by atoms with van der Waals surface area (Å²) in [5, 5.41) is 10.9. The Labute approximate surface area is 211 Å². The molecule has 1 saturated carbocycles. The van der Waals surface area contributed by atoms with Crippen molar-refractivity contribution in [2.75, 3.05) is 36.5 Å². The highest BCUT2D eigenvalue weighted by Crippen LogP contribution is 2.22. The predicted molar refractivity (Wildman–Crippen MR) is 133 cm³/mol. The van der Waals surface area contributed by atoms with E-state index in [0.29, 0.717) is 33.7 Å². The van der Waals surface area contributed by atoms with Crippen LogP contribution in [-0.4, -0.2) is 62.1 Å². The molecule has 2 heterocycles. The molecule has 0 bridgehead atoms. The highest BCUT2D eigenvalue weighted by atomic mass is 35.5. The fraction of sp³-hybridized carbons (Fsp3) is 0.391. The van der Waals surface area contributed by atoms with Crippen molar-refractivity contribution in [1.82, 2.24) is 16.0 Å². The average Bonchev–Trinajstić information content (AvgIpc) is 3.26. The summed E-state index contributed by atoms with van der Waals surface area (Å²) in [6.45, 7) is 0.850. The van der Waals surface area contributed by atoms with Gasteiger partial charge >= 0.3 is 6.03 Å². The van der Waals surface area contributed by atoms with Crippen molar-refractivity contribution in [3.8, 4) is 0 Å². The summed E-state index contributed by atoms with van der Waals surface area (Å²) in [5.74, 6) is -1.01. The summed E-state index contributed by atoms with van der Waals surface area (Å²) < 4.78 is 5.62. The molecular weight excluding hydrogens is 494 g/mol. The summed E-state index contributed by atoms with van der Waals surface area (Å²) >= 11 is 7.02. The van der Waals surface area contributed by atoms with E-state index in [2.05, 4.69) is 21.3 Å². The molecule has 186 valence electrons. The number of hydrogen-bond donors (Lipinski definition) is 4. The number of rotatable bonds is 8. The number of nitrogens with one attached hydrogen (secondary N) is 4. The van der Waals surface area contributed by atoms with Gasteiger partial charge in [-0.2, -0.15) is 0 Å². The number of thiophene rings is 1. The number of anilines is 2. The summed E-state index contributed by atoms with van der Waals surface area (Å²) in [5.41, 5.74) is 1.19. The van der Waals surface area contributed by atoms with Crippen molar-refractivity contribution >= 4 is 58.1 Å². The Morgan fingerprint density at radius 1 is 1.14 bits per heavy atom. The molecule has 35 heavy (non-hydrogen) atoms. The molecule has 1 aliphatic carbocycles. The predicted octanol–water partition coefficient (Wildman–Crippen LogP) is 2.35. The zero-order valence-electron chi connectivity index (χ0n) is 18.8. The van der Waals surface area contributed by atoms with Crippen molar-refractivity contribution in [2.24, 2.45) is 0 Å². The second-order valence-electron chi connectivity index (χ2n) is 8.25. The molecule has 12 heteroatoms. The Bertz CT molecular complexity index is 1090. The van der Waals surface area contributed by atoms with Crippen molar-refractivity contribution in [1.29, 1.82) is 0 Å². The first-order valence-electron chi connectivity index (χ1n) is 11.3. The van der Waals surface area contributed by atoms with E-state index in [-0.39, 0.29) is 31.0 Å². The highest BCUT2D eigenvalue weighted by Gasteiger charge is 2.26. The molecule has 2 aliphatic rings. The molecule has 1 aromatic carbocycles. The largest absolute Gasteiger partial charge is 0.370 e. The van der Waals surface area contributed by atoms with Crippen molar-refractivity contribution in [3.63, 3.8) is 0 Å². The van der Waals surface area contributed by atoms with E-state index in [1.165, 1.54) is 0 Å². The lowest BCUT2D eigenvalue weighted by Gasteiger charge is -2.28. The summed E-state index contributed by atoms with van der Waals surface area (Å²) in [4.78, 5) is 51.9. The van der Waals surface area contributed by atoms with E-state index < -0.39 is 18.0 Å². The van der Waals surface area contributed by atoms with Crippen LogP contribution < -0.4 is 26.2 Å². The van der Waals surface area contributed by atoms with Crippen LogP contribution in [0.3, 0.4) is 0 Å². The third-order valence-corrected chi connectivity index (χ3v) is 6.99. The van der Waals surface area contributed by atoms with E-state index >= 15 is 0 Å². The Kier molecular flexibility index (Phi) is 8.21. The zero-order valence-corrected chi connectivity index (χ0v) is 20.4. The van der Waals surface area contributed by atoms with Crippen LogP contribution in [0.1, 0.15) is 28.9 Å². The summed E-state index contributed by atoms with van der Waals surface area (Å²) in [6.07, 6.45) is 2.86. The number of carbonyl (C=O) groups excluding carboxylic acids is 4. The highest BCUT2D eigenvalue weighted by molar-refractivity contribution is 7.18. The third kappa shape index (κ3) is 6.71. The molecule has 0 unspecified atom stereocenters. The van der Waals surface area contributed by atoms with Gasteiger partial charge < -0.3 is 30.9 Å². The number of hydrogen-bond acceptors (Lipinski definition) is 6. The van der Waals surface area contributed by atoms with Gasteiger partial charge in [-0.15, -0.1) is 11.3 Å². The standard InChI is InChI=1S/C23H26ClN5O5S/c24-19-9-8-18(35-19)22(32)25-12-17(28-23(33)27-14-2-1-3-14)21(31)26-15-4-6-16(7-5-15)29-10-11-34-13-20(29)30/h4-9,14,17H,1-3,10-13H2,(H,25,32)(H,26,31)(H2,27,28,33)/t17-/m0/s1. The number of halogens is 1. The van der Waals surface area contributed by atoms with Gasteiger partial charge in [0.15, 0.2) is 0 Å². The van der Waals surface area contributed by atoms with Crippen LogP contribution in [-0.2, 0) is 14.3 Å². The van der Waals surface area contributed by atoms with Gasteiger partial charge in [0, 0.05) is 30.5 Å². The Balaban J connectivity index is 1.38. The van der Waals surface area contributed by atoms with Crippen molar-refractivity contribution in [2.45, 2.75) is 31.3 Å². The maximum Gasteiger partial charge on any atom is 0.315 e. The van der Waals surface area contributed by atoms with Gasteiger partial charge in [-0.3, -0.25) is 14.4 Å². The average molecular weight is 520 g/mol. The number of nitrogens with zero attached hydrogens (tertiary/aromatic N) is 1. The first kappa shape index (κ1) is 25.0. The molecular formula is C23H26ClN5O5S. The first-order valence-corrected chi connectivity index (χ1v) is 12.5. The molecule has 1 aromatic heterocycles. The molecule has 1 aliphatic heterocycles. The van der Waals surface area contributed by atoms with Crippen LogP contribution in [0.25, 0.3) is 0 Å². The molecule has 2 fully saturated rings. The van der Waals surface area contributed by atoms with Crippen LogP contribution in [0.15, 0.2) is 36.4 Å². The van der Waals surface area contributed by atoms with E-state index in [4.69, 9.17) is 16.3 Å². The van der Waals surface area contributed by atoms with E-state index in [9.17, 15) is 19.2 Å². The number of ether oxygens (including phenoxy) is 1. The van der Waals surface area contributed by atoms with Gasteiger partial charge in [0.2, 0.25) is 5.91 Å². The lowest BCUT2D eigenvalue weighted by molar-refractivity contribution is -0.125. The monoisotopic (exact) mass is 519 g/mol. The van der Waals surface area contributed by atoms with Gasteiger partial charge in [-0.05, 0) is 55.7 Å². The fourth-order valence-corrected chi connectivity index (χ4v) is 4.57. The van der Waals surface area contributed by atoms with Crippen LogP contribution in [0.4, 0.5) is 16.2 Å². The van der Waals surface area contributed by atoms with E-state index in [0.717, 1.165) is 30.6 Å². The van der Waals surface area contributed by atoms with Gasteiger partial charge in [0.1, 0.15) is 12.6 Å². The minimum absolute atomic E-state index is 0.0398. The molecule has 2 aromatic rings. The van der Waals surface area contributed by atoms with Gasteiger partial charge in [-0.1, -0.05) is 11.6 Å². The quantitative estimate of drug-likeness (QED) is 0.425. The van der Waals surface area contributed by atoms with Crippen LogP contribution in [0, 0.1) is 0 Å². The maximum atomic E-state index is 13.0. The molecule has 10 nitrogen and oxygen atoms in total. The molecule has 4 N–H and O–H groups in total. The lowest BCUT2D eigenvalue weighted by atomic mass is 9.93. The number of amides is 5. The third-order valence-electron chi connectivity index (χ3n) is 5.76. The van der Waals surface area contributed by atoms with Crippen LogP contribution >= 0.6 is 22.9 Å². The lowest BCUT2D eigenvalue weighted by Crippen LogP contribution is -2.55. The number of carbonyl (C=O) groups is 4. The molecule has 1 saturated heterocycles. The Morgan fingerprint density at radius 3 is 2.54 bits per heavy atom. The molecule has 5 amide bonds. The van der Waals surface area contributed by atoms with E-state index in [1.807, 2.05) is 0 Å². The van der Waals surface area contributed by atoms with Gasteiger partial charge in [0.05, 0.1) is 15.8 Å².